The lowest BCUT2D eigenvalue weighted by atomic mass is 10.3. The van der Waals surface area contributed by atoms with Gasteiger partial charge < -0.3 is 19.0 Å². The number of benzene rings is 1. The molecule has 22 heavy (non-hydrogen) atoms. The SMILES string of the molecule is COCCn1c(NCc2oc(C)nc2C)nc2ccccc21. The molecule has 0 atom stereocenters. The number of hydrogen-bond donors (Lipinski definition) is 1. The first kappa shape index (κ1) is 14.6. The van der Waals surface area contributed by atoms with Crippen molar-refractivity contribution < 1.29 is 9.15 Å². The highest BCUT2D eigenvalue weighted by Crippen LogP contribution is 2.20. The molecular weight excluding hydrogens is 280 g/mol. The zero-order valence-corrected chi connectivity index (χ0v) is 13.1. The Labute approximate surface area is 129 Å². The van der Waals surface area contributed by atoms with Gasteiger partial charge in [-0.2, -0.15) is 0 Å². The maximum Gasteiger partial charge on any atom is 0.204 e. The van der Waals surface area contributed by atoms with Crippen LogP contribution in [0, 0.1) is 13.8 Å². The first-order valence-corrected chi connectivity index (χ1v) is 7.30. The van der Waals surface area contributed by atoms with E-state index in [0.717, 1.165) is 35.0 Å². The average molecular weight is 300 g/mol. The highest BCUT2D eigenvalue weighted by Gasteiger charge is 2.12. The summed E-state index contributed by atoms with van der Waals surface area (Å²) in [5, 5.41) is 3.34. The van der Waals surface area contributed by atoms with Gasteiger partial charge in [-0.3, -0.25) is 0 Å². The standard InChI is InChI=1S/C16H20N4O2/c1-11-15(22-12(2)18-11)10-17-16-19-13-6-4-5-7-14(13)20(16)8-9-21-3/h4-7H,8-10H2,1-3H3,(H,17,19). The fourth-order valence-electron chi connectivity index (χ4n) is 2.52. The van der Waals surface area contributed by atoms with Crippen LogP contribution in [0.2, 0.25) is 0 Å². The molecule has 2 heterocycles. The second-order valence-electron chi connectivity index (χ2n) is 5.16. The second kappa shape index (κ2) is 6.19. The normalized spacial score (nSPS) is 11.2. The number of ether oxygens (including phenoxy) is 1. The van der Waals surface area contributed by atoms with Crippen molar-refractivity contribution in [1.29, 1.82) is 0 Å². The quantitative estimate of drug-likeness (QED) is 0.758. The number of rotatable bonds is 6. The molecule has 0 amide bonds. The van der Waals surface area contributed by atoms with E-state index in [0.29, 0.717) is 19.0 Å². The minimum atomic E-state index is 0.559. The number of nitrogens with zero attached hydrogens (tertiary/aromatic N) is 3. The van der Waals surface area contributed by atoms with Crippen LogP contribution in [0.25, 0.3) is 11.0 Å². The Morgan fingerprint density at radius 1 is 1.23 bits per heavy atom. The zero-order chi connectivity index (χ0) is 15.5. The molecule has 0 saturated heterocycles. The maximum absolute atomic E-state index is 5.60. The van der Waals surface area contributed by atoms with Crippen molar-refractivity contribution in [2.45, 2.75) is 26.9 Å². The Bertz CT molecular complexity index is 776. The maximum atomic E-state index is 5.60. The van der Waals surface area contributed by atoms with Crippen LogP contribution in [-0.4, -0.2) is 28.3 Å². The number of aromatic nitrogens is 3. The average Bonchev–Trinajstić information content (AvgIpc) is 3.02. The third-order valence-electron chi connectivity index (χ3n) is 3.58. The Hall–Kier alpha value is -2.34. The summed E-state index contributed by atoms with van der Waals surface area (Å²) in [6, 6.07) is 8.07. The number of anilines is 1. The molecule has 0 aliphatic heterocycles. The minimum absolute atomic E-state index is 0.559. The lowest BCUT2D eigenvalue weighted by molar-refractivity contribution is 0.188. The molecule has 116 valence electrons. The fraction of sp³-hybridized carbons (Fsp3) is 0.375. The molecular formula is C16H20N4O2. The van der Waals surface area contributed by atoms with Gasteiger partial charge in [0.1, 0.15) is 5.76 Å². The van der Waals surface area contributed by atoms with Gasteiger partial charge in [-0.05, 0) is 19.1 Å². The van der Waals surface area contributed by atoms with Crippen LogP contribution in [0.15, 0.2) is 28.7 Å². The van der Waals surface area contributed by atoms with Crippen LogP contribution in [0.3, 0.4) is 0 Å². The van der Waals surface area contributed by atoms with E-state index in [1.807, 2.05) is 32.0 Å². The Morgan fingerprint density at radius 2 is 2.05 bits per heavy atom. The molecule has 2 aromatic heterocycles. The van der Waals surface area contributed by atoms with E-state index >= 15 is 0 Å². The van der Waals surface area contributed by atoms with Crippen molar-refractivity contribution >= 4 is 17.0 Å². The largest absolute Gasteiger partial charge is 0.444 e. The van der Waals surface area contributed by atoms with E-state index in [-0.39, 0.29) is 0 Å². The molecule has 0 radical (unpaired) electrons. The van der Waals surface area contributed by atoms with Crippen molar-refractivity contribution in [1.82, 2.24) is 14.5 Å². The molecule has 3 rings (SSSR count). The van der Waals surface area contributed by atoms with Crippen LogP contribution < -0.4 is 5.32 Å². The molecule has 0 fully saturated rings. The van der Waals surface area contributed by atoms with Crippen molar-refractivity contribution in [3.05, 3.63) is 41.6 Å². The monoisotopic (exact) mass is 300 g/mol. The van der Waals surface area contributed by atoms with Crippen molar-refractivity contribution in [2.75, 3.05) is 19.0 Å². The molecule has 1 aromatic carbocycles. The highest BCUT2D eigenvalue weighted by atomic mass is 16.5. The number of fused-ring (bicyclic) bond motifs is 1. The summed E-state index contributed by atoms with van der Waals surface area (Å²) in [6.45, 7) is 5.73. The number of oxazole rings is 1. The number of hydrogen-bond acceptors (Lipinski definition) is 5. The number of aryl methyl sites for hydroxylation is 2. The summed E-state index contributed by atoms with van der Waals surface area (Å²) in [5.41, 5.74) is 2.96. The summed E-state index contributed by atoms with van der Waals surface area (Å²) in [5.74, 6) is 2.33. The van der Waals surface area contributed by atoms with Crippen molar-refractivity contribution in [2.24, 2.45) is 0 Å². The fourth-order valence-corrected chi connectivity index (χ4v) is 2.52. The molecule has 0 spiro atoms. The van der Waals surface area contributed by atoms with Crippen LogP contribution in [0.5, 0.6) is 0 Å². The minimum Gasteiger partial charge on any atom is -0.444 e. The third kappa shape index (κ3) is 2.82. The number of nitrogens with one attached hydrogen (secondary N) is 1. The van der Waals surface area contributed by atoms with Gasteiger partial charge in [0.2, 0.25) is 5.95 Å². The van der Waals surface area contributed by atoms with Crippen molar-refractivity contribution in [3.63, 3.8) is 0 Å². The Morgan fingerprint density at radius 3 is 2.77 bits per heavy atom. The molecule has 0 aliphatic carbocycles. The predicted octanol–water partition coefficient (Wildman–Crippen LogP) is 2.90. The second-order valence-corrected chi connectivity index (χ2v) is 5.16. The van der Waals surface area contributed by atoms with Gasteiger partial charge in [-0.25, -0.2) is 9.97 Å². The van der Waals surface area contributed by atoms with Gasteiger partial charge in [0.25, 0.3) is 0 Å². The number of imidazole rings is 1. The summed E-state index contributed by atoms with van der Waals surface area (Å²) in [4.78, 5) is 8.94. The van der Waals surface area contributed by atoms with Crippen LogP contribution in [-0.2, 0) is 17.8 Å². The van der Waals surface area contributed by atoms with Crippen LogP contribution in [0.4, 0.5) is 5.95 Å². The highest BCUT2D eigenvalue weighted by molar-refractivity contribution is 5.78. The molecule has 0 saturated carbocycles. The summed E-state index contributed by atoms with van der Waals surface area (Å²) in [7, 11) is 1.70. The summed E-state index contributed by atoms with van der Waals surface area (Å²) >= 11 is 0. The van der Waals surface area contributed by atoms with Crippen LogP contribution in [0.1, 0.15) is 17.3 Å². The number of para-hydroxylation sites is 2. The van der Waals surface area contributed by atoms with Gasteiger partial charge in [0.15, 0.2) is 5.89 Å². The molecule has 6 nitrogen and oxygen atoms in total. The van der Waals surface area contributed by atoms with E-state index in [9.17, 15) is 0 Å². The smallest absolute Gasteiger partial charge is 0.204 e. The lowest BCUT2D eigenvalue weighted by Crippen LogP contribution is -2.10. The Balaban J connectivity index is 1.87. The van der Waals surface area contributed by atoms with E-state index in [1.54, 1.807) is 7.11 Å². The van der Waals surface area contributed by atoms with E-state index in [1.165, 1.54) is 0 Å². The predicted molar refractivity (Wildman–Crippen MR) is 84.9 cm³/mol. The third-order valence-corrected chi connectivity index (χ3v) is 3.58. The molecule has 3 aromatic rings. The van der Waals surface area contributed by atoms with Gasteiger partial charge in [-0.1, -0.05) is 12.1 Å². The van der Waals surface area contributed by atoms with Gasteiger partial charge >= 0.3 is 0 Å². The first-order valence-electron chi connectivity index (χ1n) is 7.30. The Kier molecular flexibility index (Phi) is 4.11. The zero-order valence-electron chi connectivity index (χ0n) is 13.1. The summed E-state index contributed by atoms with van der Waals surface area (Å²) < 4.78 is 12.9. The first-order chi connectivity index (χ1) is 10.7. The van der Waals surface area contributed by atoms with E-state index in [2.05, 4.69) is 25.9 Å². The molecule has 0 aliphatic rings. The topological polar surface area (TPSA) is 65.1 Å². The van der Waals surface area contributed by atoms with E-state index < -0.39 is 0 Å². The van der Waals surface area contributed by atoms with Gasteiger partial charge in [-0.15, -0.1) is 0 Å². The summed E-state index contributed by atoms with van der Waals surface area (Å²) in [6.07, 6.45) is 0. The van der Waals surface area contributed by atoms with Gasteiger partial charge in [0, 0.05) is 20.6 Å². The molecule has 0 unspecified atom stereocenters. The lowest BCUT2D eigenvalue weighted by Gasteiger charge is -2.09. The molecule has 0 bridgehead atoms. The number of methoxy groups -OCH3 is 1. The van der Waals surface area contributed by atoms with Crippen molar-refractivity contribution in [3.8, 4) is 0 Å². The molecule has 1 N–H and O–H groups in total. The van der Waals surface area contributed by atoms with E-state index in [4.69, 9.17) is 9.15 Å². The van der Waals surface area contributed by atoms with Gasteiger partial charge in [0.05, 0.1) is 29.9 Å². The van der Waals surface area contributed by atoms with Crippen LogP contribution >= 0.6 is 0 Å². The molecule has 6 heteroatoms.